The molecule has 1 unspecified atom stereocenters. The molecular formula is C17H18Br2O2. The summed E-state index contributed by atoms with van der Waals surface area (Å²) in [5.41, 5.74) is 2.78. The maximum atomic E-state index is 10.6. The molecule has 0 saturated carbocycles. The molecule has 0 saturated heterocycles. The Balaban J connectivity index is 2.31. The van der Waals surface area contributed by atoms with Gasteiger partial charge >= 0.3 is 0 Å². The van der Waals surface area contributed by atoms with Crippen molar-refractivity contribution in [3.05, 3.63) is 62.0 Å². The van der Waals surface area contributed by atoms with Gasteiger partial charge in [-0.2, -0.15) is 0 Å². The standard InChI is InChI=1S/C17H18Br2O2/c1-3-7-21-13-6-4-5-12(9-13)17(20)14-10-15(18)11(2)8-16(14)19/h4-6,8-10,17,20H,3,7H2,1-2H3. The van der Waals surface area contributed by atoms with E-state index < -0.39 is 6.10 Å². The first-order valence-corrected chi connectivity index (χ1v) is 8.48. The van der Waals surface area contributed by atoms with E-state index in [1.54, 1.807) is 0 Å². The second kappa shape index (κ2) is 7.43. The van der Waals surface area contributed by atoms with E-state index in [2.05, 4.69) is 38.8 Å². The first-order valence-electron chi connectivity index (χ1n) is 6.89. The lowest BCUT2D eigenvalue weighted by atomic mass is 10.0. The molecule has 21 heavy (non-hydrogen) atoms. The normalized spacial score (nSPS) is 12.2. The van der Waals surface area contributed by atoms with Crippen LogP contribution >= 0.6 is 31.9 Å². The summed E-state index contributed by atoms with van der Waals surface area (Å²) in [6.07, 6.45) is 0.268. The Morgan fingerprint density at radius 3 is 2.62 bits per heavy atom. The molecule has 112 valence electrons. The lowest BCUT2D eigenvalue weighted by Gasteiger charge is -2.16. The summed E-state index contributed by atoms with van der Waals surface area (Å²) in [6.45, 7) is 4.77. The molecule has 2 rings (SSSR count). The van der Waals surface area contributed by atoms with Crippen molar-refractivity contribution in [1.82, 2.24) is 0 Å². The zero-order valence-corrected chi connectivity index (χ0v) is 15.2. The van der Waals surface area contributed by atoms with Gasteiger partial charge in [-0.25, -0.2) is 0 Å². The Hall–Kier alpha value is -0.840. The maximum absolute atomic E-state index is 10.6. The molecule has 2 aromatic rings. The number of hydrogen-bond acceptors (Lipinski definition) is 2. The average molecular weight is 414 g/mol. The lowest BCUT2D eigenvalue weighted by molar-refractivity contribution is 0.218. The largest absolute Gasteiger partial charge is 0.494 e. The van der Waals surface area contributed by atoms with Gasteiger partial charge in [-0.3, -0.25) is 0 Å². The van der Waals surface area contributed by atoms with E-state index in [4.69, 9.17) is 4.74 Å². The first kappa shape index (κ1) is 16.5. The van der Waals surface area contributed by atoms with Crippen molar-refractivity contribution in [3.8, 4) is 5.75 Å². The highest BCUT2D eigenvalue weighted by atomic mass is 79.9. The van der Waals surface area contributed by atoms with Crippen LogP contribution < -0.4 is 4.74 Å². The summed E-state index contributed by atoms with van der Waals surface area (Å²) < 4.78 is 7.51. The highest BCUT2D eigenvalue weighted by molar-refractivity contribution is 9.11. The Morgan fingerprint density at radius 1 is 1.14 bits per heavy atom. The van der Waals surface area contributed by atoms with Crippen molar-refractivity contribution < 1.29 is 9.84 Å². The Labute approximate surface area is 142 Å². The van der Waals surface area contributed by atoms with Gasteiger partial charge in [0.25, 0.3) is 0 Å². The van der Waals surface area contributed by atoms with Gasteiger partial charge in [-0.15, -0.1) is 0 Å². The highest BCUT2D eigenvalue weighted by Gasteiger charge is 2.16. The van der Waals surface area contributed by atoms with Crippen molar-refractivity contribution in [1.29, 1.82) is 0 Å². The molecule has 0 heterocycles. The number of aliphatic hydroxyl groups is 1. The van der Waals surface area contributed by atoms with E-state index in [1.165, 1.54) is 0 Å². The summed E-state index contributed by atoms with van der Waals surface area (Å²) >= 11 is 7.04. The SMILES string of the molecule is CCCOc1cccc(C(O)c2cc(Br)c(C)cc2Br)c1. The summed E-state index contributed by atoms with van der Waals surface area (Å²) in [5.74, 6) is 0.788. The van der Waals surface area contributed by atoms with Crippen molar-refractivity contribution in [2.75, 3.05) is 6.61 Å². The number of halogens is 2. The van der Waals surface area contributed by atoms with Crippen LogP contribution in [0.3, 0.4) is 0 Å². The van der Waals surface area contributed by atoms with E-state index in [-0.39, 0.29) is 0 Å². The van der Waals surface area contributed by atoms with Gasteiger partial charge in [0.15, 0.2) is 0 Å². The first-order chi connectivity index (χ1) is 10.0. The molecular weight excluding hydrogens is 396 g/mol. The van der Waals surface area contributed by atoms with Crippen molar-refractivity contribution in [2.24, 2.45) is 0 Å². The fraction of sp³-hybridized carbons (Fsp3) is 0.294. The summed E-state index contributed by atoms with van der Waals surface area (Å²) in [6, 6.07) is 11.6. The molecule has 2 nitrogen and oxygen atoms in total. The van der Waals surface area contributed by atoms with Gasteiger partial charge in [0, 0.05) is 14.5 Å². The Bertz CT molecular complexity index is 626. The van der Waals surface area contributed by atoms with Gasteiger partial charge in [0.2, 0.25) is 0 Å². The molecule has 0 aliphatic rings. The third-order valence-corrected chi connectivity index (χ3v) is 4.76. The molecule has 0 aliphatic heterocycles. The highest BCUT2D eigenvalue weighted by Crippen LogP contribution is 2.33. The molecule has 0 bridgehead atoms. The van der Waals surface area contributed by atoms with Gasteiger partial charge in [-0.05, 0) is 48.7 Å². The van der Waals surface area contributed by atoms with E-state index in [0.717, 1.165) is 37.8 Å². The molecule has 0 aliphatic carbocycles. The summed E-state index contributed by atoms with van der Waals surface area (Å²) in [4.78, 5) is 0. The second-order valence-electron chi connectivity index (χ2n) is 4.95. The number of ether oxygens (including phenoxy) is 1. The summed E-state index contributed by atoms with van der Waals surface area (Å²) in [7, 11) is 0. The minimum Gasteiger partial charge on any atom is -0.494 e. The predicted molar refractivity (Wildman–Crippen MR) is 92.9 cm³/mol. The monoisotopic (exact) mass is 412 g/mol. The van der Waals surface area contributed by atoms with Gasteiger partial charge in [0.1, 0.15) is 11.9 Å². The van der Waals surface area contributed by atoms with Crippen LogP contribution in [0.4, 0.5) is 0 Å². The fourth-order valence-corrected chi connectivity index (χ4v) is 3.08. The number of aliphatic hydroxyl groups excluding tert-OH is 1. The molecule has 1 N–H and O–H groups in total. The van der Waals surface area contributed by atoms with Gasteiger partial charge in [0.05, 0.1) is 6.61 Å². The van der Waals surface area contributed by atoms with Crippen molar-refractivity contribution in [2.45, 2.75) is 26.4 Å². The smallest absolute Gasteiger partial charge is 0.119 e. The average Bonchev–Trinajstić information content (AvgIpc) is 2.48. The third-order valence-electron chi connectivity index (χ3n) is 3.22. The van der Waals surface area contributed by atoms with Crippen LogP contribution in [-0.4, -0.2) is 11.7 Å². The van der Waals surface area contributed by atoms with Crippen LogP contribution in [0.5, 0.6) is 5.75 Å². The molecule has 2 aromatic carbocycles. The topological polar surface area (TPSA) is 29.5 Å². The second-order valence-corrected chi connectivity index (χ2v) is 6.66. The fourth-order valence-electron chi connectivity index (χ4n) is 2.05. The van der Waals surface area contributed by atoms with Crippen LogP contribution in [0, 0.1) is 6.92 Å². The van der Waals surface area contributed by atoms with E-state index in [1.807, 2.05) is 43.3 Å². The molecule has 1 atom stereocenters. The summed E-state index contributed by atoms with van der Waals surface area (Å²) in [5, 5.41) is 10.6. The molecule has 0 radical (unpaired) electrons. The minimum atomic E-state index is -0.693. The van der Waals surface area contributed by atoms with Gasteiger partial charge < -0.3 is 9.84 Å². The van der Waals surface area contributed by atoms with E-state index in [0.29, 0.717) is 6.61 Å². The Morgan fingerprint density at radius 2 is 1.90 bits per heavy atom. The number of hydrogen-bond donors (Lipinski definition) is 1. The predicted octanol–water partition coefficient (Wildman–Crippen LogP) is 5.39. The minimum absolute atomic E-state index is 0.680. The van der Waals surface area contributed by atoms with Crippen LogP contribution in [0.25, 0.3) is 0 Å². The lowest BCUT2D eigenvalue weighted by Crippen LogP contribution is -2.02. The number of rotatable bonds is 5. The quantitative estimate of drug-likeness (QED) is 0.711. The zero-order chi connectivity index (χ0) is 15.4. The Kier molecular flexibility index (Phi) is 5.85. The van der Waals surface area contributed by atoms with Crippen LogP contribution in [-0.2, 0) is 0 Å². The molecule has 0 spiro atoms. The van der Waals surface area contributed by atoms with Crippen LogP contribution in [0.1, 0.15) is 36.1 Å². The zero-order valence-electron chi connectivity index (χ0n) is 12.1. The molecule has 0 aromatic heterocycles. The van der Waals surface area contributed by atoms with Crippen molar-refractivity contribution >= 4 is 31.9 Å². The third kappa shape index (κ3) is 4.09. The number of benzene rings is 2. The maximum Gasteiger partial charge on any atom is 0.119 e. The van der Waals surface area contributed by atoms with Crippen LogP contribution in [0.15, 0.2) is 45.3 Å². The van der Waals surface area contributed by atoms with Gasteiger partial charge in [-0.1, -0.05) is 50.9 Å². The molecule has 0 amide bonds. The van der Waals surface area contributed by atoms with E-state index in [9.17, 15) is 5.11 Å². The molecule has 0 fully saturated rings. The molecule has 4 heteroatoms. The number of aryl methyl sites for hydroxylation is 1. The van der Waals surface area contributed by atoms with E-state index >= 15 is 0 Å². The van der Waals surface area contributed by atoms with Crippen molar-refractivity contribution in [3.63, 3.8) is 0 Å². The van der Waals surface area contributed by atoms with Crippen LogP contribution in [0.2, 0.25) is 0 Å².